The molecular weight excluding hydrogens is 200 g/mol. The molecule has 0 bridgehead atoms. The average Bonchev–Trinajstić information content (AvgIpc) is 2.30. The highest BCUT2D eigenvalue weighted by molar-refractivity contribution is 5.70. The Balaban J connectivity index is 1.84. The van der Waals surface area contributed by atoms with Gasteiger partial charge in [-0.05, 0) is 31.6 Å². The first kappa shape index (κ1) is 11.7. The van der Waals surface area contributed by atoms with E-state index >= 15 is 0 Å². The Hall–Kier alpha value is -0.790. The summed E-state index contributed by atoms with van der Waals surface area (Å²) in [6.45, 7) is 0. The van der Waals surface area contributed by atoms with Gasteiger partial charge in [-0.25, -0.2) is 0 Å². The Morgan fingerprint density at radius 1 is 1.25 bits per heavy atom. The SMILES string of the molecule is O=C(O)C1CCC=C(CC2CCCCC2)C1. The number of carboxylic acids is 1. The quantitative estimate of drug-likeness (QED) is 0.738. The second-order valence-corrected chi connectivity index (χ2v) is 5.39. The first-order chi connectivity index (χ1) is 7.75. The van der Waals surface area contributed by atoms with Crippen molar-refractivity contribution in [3.05, 3.63) is 11.6 Å². The Kier molecular flexibility index (Phi) is 4.03. The van der Waals surface area contributed by atoms with Gasteiger partial charge in [0.2, 0.25) is 0 Å². The minimum absolute atomic E-state index is 0.108. The molecule has 16 heavy (non-hydrogen) atoms. The Bertz CT molecular complexity index is 274. The summed E-state index contributed by atoms with van der Waals surface area (Å²) in [4.78, 5) is 11.0. The minimum atomic E-state index is -0.603. The maximum absolute atomic E-state index is 11.0. The van der Waals surface area contributed by atoms with Crippen molar-refractivity contribution in [2.24, 2.45) is 11.8 Å². The molecule has 2 rings (SSSR count). The predicted molar refractivity (Wildman–Crippen MR) is 64.3 cm³/mol. The maximum Gasteiger partial charge on any atom is 0.306 e. The summed E-state index contributed by atoms with van der Waals surface area (Å²) in [5, 5.41) is 9.03. The second-order valence-electron chi connectivity index (χ2n) is 5.39. The smallest absolute Gasteiger partial charge is 0.306 e. The van der Waals surface area contributed by atoms with Crippen LogP contribution in [0.5, 0.6) is 0 Å². The van der Waals surface area contributed by atoms with Gasteiger partial charge in [0.1, 0.15) is 0 Å². The fourth-order valence-electron chi connectivity index (χ4n) is 3.13. The molecule has 0 aromatic carbocycles. The van der Waals surface area contributed by atoms with Gasteiger partial charge in [-0.1, -0.05) is 43.8 Å². The van der Waals surface area contributed by atoms with Gasteiger partial charge in [0, 0.05) is 0 Å². The van der Waals surface area contributed by atoms with E-state index in [9.17, 15) is 4.79 Å². The second kappa shape index (κ2) is 5.51. The van der Waals surface area contributed by atoms with Gasteiger partial charge >= 0.3 is 5.97 Å². The third kappa shape index (κ3) is 3.10. The Labute approximate surface area is 97.7 Å². The molecule has 0 saturated heterocycles. The number of carboxylic acid groups (broad SMARTS) is 1. The molecule has 2 heteroatoms. The average molecular weight is 222 g/mol. The molecule has 0 spiro atoms. The summed E-state index contributed by atoms with van der Waals surface area (Å²) in [6.07, 6.45) is 12.9. The van der Waals surface area contributed by atoms with Crippen molar-refractivity contribution in [2.45, 2.75) is 57.8 Å². The summed E-state index contributed by atoms with van der Waals surface area (Å²) in [7, 11) is 0. The fourth-order valence-corrected chi connectivity index (χ4v) is 3.13. The van der Waals surface area contributed by atoms with E-state index in [1.54, 1.807) is 0 Å². The number of carbonyl (C=O) groups is 1. The van der Waals surface area contributed by atoms with E-state index in [4.69, 9.17) is 5.11 Å². The van der Waals surface area contributed by atoms with Crippen LogP contribution < -0.4 is 0 Å². The number of allylic oxidation sites excluding steroid dienone is 2. The van der Waals surface area contributed by atoms with Crippen LogP contribution in [-0.2, 0) is 4.79 Å². The lowest BCUT2D eigenvalue weighted by atomic mass is 9.80. The highest BCUT2D eigenvalue weighted by atomic mass is 16.4. The van der Waals surface area contributed by atoms with Crippen LogP contribution in [0.3, 0.4) is 0 Å². The topological polar surface area (TPSA) is 37.3 Å². The van der Waals surface area contributed by atoms with Crippen LogP contribution in [0.15, 0.2) is 11.6 Å². The van der Waals surface area contributed by atoms with Crippen molar-refractivity contribution in [1.29, 1.82) is 0 Å². The molecule has 1 unspecified atom stereocenters. The summed E-state index contributed by atoms with van der Waals surface area (Å²) >= 11 is 0. The van der Waals surface area contributed by atoms with Crippen molar-refractivity contribution >= 4 is 5.97 Å². The van der Waals surface area contributed by atoms with Crippen molar-refractivity contribution in [3.8, 4) is 0 Å². The molecular formula is C14H22O2. The molecule has 0 aliphatic heterocycles. The van der Waals surface area contributed by atoms with E-state index in [1.165, 1.54) is 44.1 Å². The monoisotopic (exact) mass is 222 g/mol. The van der Waals surface area contributed by atoms with E-state index < -0.39 is 5.97 Å². The molecule has 0 aromatic rings. The van der Waals surface area contributed by atoms with E-state index in [-0.39, 0.29) is 5.92 Å². The first-order valence-corrected chi connectivity index (χ1v) is 6.66. The molecule has 1 saturated carbocycles. The highest BCUT2D eigenvalue weighted by Crippen LogP contribution is 2.34. The van der Waals surface area contributed by atoms with Crippen LogP contribution >= 0.6 is 0 Å². The van der Waals surface area contributed by atoms with E-state index in [1.807, 2.05) is 0 Å². The molecule has 2 aliphatic carbocycles. The largest absolute Gasteiger partial charge is 0.481 e. The molecule has 0 radical (unpaired) electrons. The highest BCUT2D eigenvalue weighted by Gasteiger charge is 2.23. The van der Waals surface area contributed by atoms with Crippen LogP contribution in [-0.4, -0.2) is 11.1 Å². The standard InChI is InChI=1S/C14H22O2/c15-14(16)13-8-4-7-12(10-13)9-11-5-2-1-3-6-11/h7,11,13H,1-6,8-10H2,(H,15,16). The van der Waals surface area contributed by atoms with Crippen LogP contribution in [0.2, 0.25) is 0 Å². The molecule has 2 aliphatic rings. The summed E-state index contributed by atoms with van der Waals surface area (Å²) in [5.74, 6) is 0.130. The molecule has 90 valence electrons. The van der Waals surface area contributed by atoms with Gasteiger partial charge in [-0.2, -0.15) is 0 Å². The number of hydrogen-bond donors (Lipinski definition) is 1. The van der Waals surface area contributed by atoms with E-state index in [0.717, 1.165) is 25.2 Å². The van der Waals surface area contributed by atoms with Crippen LogP contribution in [0, 0.1) is 11.8 Å². The molecule has 0 aromatic heterocycles. The third-order valence-corrected chi connectivity index (χ3v) is 4.08. The lowest BCUT2D eigenvalue weighted by Gasteiger charge is -2.26. The van der Waals surface area contributed by atoms with Crippen molar-refractivity contribution in [3.63, 3.8) is 0 Å². The summed E-state index contributed by atoms with van der Waals surface area (Å²) in [5.41, 5.74) is 1.42. The number of rotatable bonds is 3. The zero-order chi connectivity index (χ0) is 11.4. The van der Waals surface area contributed by atoms with Crippen molar-refractivity contribution < 1.29 is 9.90 Å². The normalized spacial score (nSPS) is 27.5. The van der Waals surface area contributed by atoms with Gasteiger partial charge in [0.05, 0.1) is 5.92 Å². The molecule has 0 amide bonds. The lowest BCUT2D eigenvalue weighted by Crippen LogP contribution is -2.18. The Morgan fingerprint density at radius 2 is 2.00 bits per heavy atom. The molecule has 2 nitrogen and oxygen atoms in total. The summed E-state index contributed by atoms with van der Waals surface area (Å²) in [6, 6.07) is 0. The van der Waals surface area contributed by atoms with E-state index in [0.29, 0.717) is 0 Å². The van der Waals surface area contributed by atoms with Crippen LogP contribution in [0.25, 0.3) is 0 Å². The number of aliphatic carboxylic acids is 1. The van der Waals surface area contributed by atoms with E-state index in [2.05, 4.69) is 6.08 Å². The first-order valence-electron chi connectivity index (χ1n) is 6.66. The van der Waals surface area contributed by atoms with Gasteiger partial charge in [-0.3, -0.25) is 4.79 Å². The minimum Gasteiger partial charge on any atom is -0.481 e. The zero-order valence-corrected chi connectivity index (χ0v) is 9.95. The fraction of sp³-hybridized carbons (Fsp3) is 0.786. The molecule has 0 heterocycles. The number of hydrogen-bond acceptors (Lipinski definition) is 1. The molecule has 1 N–H and O–H groups in total. The Morgan fingerprint density at radius 3 is 2.69 bits per heavy atom. The lowest BCUT2D eigenvalue weighted by molar-refractivity contribution is -0.142. The molecule has 1 fully saturated rings. The van der Waals surface area contributed by atoms with Gasteiger partial charge in [0.15, 0.2) is 0 Å². The van der Waals surface area contributed by atoms with Gasteiger partial charge in [-0.15, -0.1) is 0 Å². The summed E-state index contributed by atoms with van der Waals surface area (Å²) < 4.78 is 0. The van der Waals surface area contributed by atoms with Gasteiger partial charge in [0.25, 0.3) is 0 Å². The predicted octanol–water partition coefficient (Wildman–Crippen LogP) is 3.77. The zero-order valence-electron chi connectivity index (χ0n) is 9.95. The van der Waals surface area contributed by atoms with Crippen LogP contribution in [0.1, 0.15) is 57.8 Å². The van der Waals surface area contributed by atoms with Crippen LogP contribution in [0.4, 0.5) is 0 Å². The molecule has 1 atom stereocenters. The van der Waals surface area contributed by atoms with Crippen molar-refractivity contribution in [1.82, 2.24) is 0 Å². The van der Waals surface area contributed by atoms with Gasteiger partial charge < -0.3 is 5.11 Å². The van der Waals surface area contributed by atoms with Crippen molar-refractivity contribution in [2.75, 3.05) is 0 Å². The maximum atomic E-state index is 11.0. The third-order valence-electron chi connectivity index (χ3n) is 4.08.